The lowest BCUT2D eigenvalue weighted by atomic mass is 10.0. The van der Waals surface area contributed by atoms with Crippen LogP contribution in [0.4, 0.5) is 10.5 Å². The molecule has 1 aliphatic heterocycles. The van der Waals surface area contributed by atoms with Gasteiger partial charge in [0.1, 0.15) is 24.6 Å². The molecule has 3 aromatic carbocycles. The normalized spacial score (nSPS) is 18.9. The van der Waals surface area contributed by atoms with E-state index < -0.39 is 30.0 Å². The van der Waals surface area contributed by atoms with E-state index in [9.17, 15) is 24.6 Å². The minimum atomic E-state index is -0.979. The van der Waals surface area contributed by atoms with Crippen LogP contribution in [0.2, 0.25) is 0 Å². The molecule has 3 aromatic rings. The molecule has 0 aromatic heterocycles. The van der Waals surface area contributed by atoms with E-state index in [2.05, 4.69) is 12.4 Å². The highest BCUT2D eigenvalue weighted by Gasteiger charge is 2.43. The summed E-state index contributed by atoms with van der Waals surface area (Å²) in [5.41, 5.74) is 8.94. The Bertz CT molecular complexity index is 1360. The Balaban J connectivity index is 1.53. The molecule has 216 valence electrons. The van der Waals surface area contributed by atoms with Crippen LogP contribution in [0.25, 0.3) is 0 Å². The number of amides is 3. The van der Waals surface area contributed by atoms with E-state index in [1.165, 1.54) is 17.0 Å². The minimum Gasteiger partial charge on any atom is -0.508 e. The van der Waals surface area contributed by atoms with Gasteiger partial charge in [-0.3, -0.25) is 9.69 Å². The number of nitrogens with zero attached hydrogens (tertiary/aromatic N) is 2. The van der Waals surface area contributed by atoms with Crippen LogP contribution in [0.5, 0.6) is 11.5 Å². The number of aromatic hydroxyl groups is 2. The minimum absolute atomic E-state index is 0.111. The van der Waals surface area contributed by atoms with Gasteiger partial charge in [-0.2, -0.15) is 0 Å². The zero-order valence-electron chi connectivity index (χ0n) is 23.3. The third-order valence-electron chi connectivity index (χ3n) is 7.33. The van der Waals surface area contributed by atoms with Gasteiger partial charge in [-0.1, -0.05) is 12.1 Å². The van der Waals surface area contributed by atoms with Crippen LogP contribution in [0, 0.1) is 0 Å². The summed E-state index contributed by atoms with van der Waals surface area (Å²) in [5, 5.41) is 22.0. The van der Waals surface area contributed by atoms with Crippen molar-refractivity contribution >= 4 is 23.6 Å². The predicted octanol–water partition coefficient (Wildman–Crippen LogP) is 3.62. The molecule has 41 heavy (non-hydrogen) atoms. The van der Waals surface area contributed by atoms with E-state index in [4.69, 9.17) is 10.5 Å². The van der Waals surface area contributed by atoms with Gasteiger partial charge < -0.3 is 30.5 Å². The van der Waals surface area contributed by atoms with Crippen molar-refractivity contribution in [3.63, 3.8) is 0 Å². The summed E-state index contributed by atoms with van der Waals surface area (Å²) in [6.07, 6.45) is 0.797. The van der Waals surface area contributed by atoms with Crippen LogP contribution >= 0.6 is 0 Å². The number of anilines is 1. The Kier molecular flexibility index (Phi) is 9.26. The van der Waals surface area contributed by atoms with Gasteiger partial charge >= 0.3 is 12.0 Å². The first-order chi connectivity index (χ1) is 19.6. The standard InChI is InChI=1S/C31H36N4O6/c1-3-41-30(39)23-8-10-24(11-9-23)33-31(40)34(29(38)28(32)18-21-4-12-26(36)13-5-21)25-16-17-35(2,20-25)19-22-6-14-27(37)15-7-22/h4-15,25,28H,3,16-20,32H2,1-2H3,(H2-,33,36,37,39,40)/p+1/t25-,28-,35?/m0/s1. The Labute approximate surface area is 239 Å². The van der Waals surface area contributed by atoms with E-state index in [0.717, 1.165) is 17.7 Å². The van der Waals surface area contributed by atoms with Crippen LogP contribution in [0.3, 0.4) is 0 Å². The molecule has 0 radical (unpaired) electrons. The molecule has 3 amide bonds. The number of urea groups is 1. The lowest BCUT2D eigenvalue weighted by Gasteiger charge is -2.33. The average molecular weight is 562 g/mol. The number of imide groups is 1. The number of phenols is 2. The molecule has 3 atom stereocenters. The summed E-state index contributed by atoms with van der Waals surface area (Å²) < 4.78 is 5.62. The second kappa shape index (κ2) is 12.8. The number of esters is 1. The molecule has 0 saturated carbocycles. The first-order valence-electron chi connectivity index (χ1n) is 13.6. The van der Waals surface area contributed by atoms with Crippen molar-refractivity contribution in [1.29, 1.82) is 0 Å². The van der Waals surface area contributed by atoms with Crippen molar-refractivity contribution in [2.45, 2.75) is 38.4 Å². The number of rotatable bonds is 9. The maximum absolute atomic E-state index is 13.8. The second-order valence-electron chi connectivity index (χ2n) is 10.7. The van der Waals surface area contributed by atoms with Gasteiger partial charge in [0.05, 0.1) is 37.8 Å². The zero-order chi connectivity index (χ0) is 29.6. The largest absolute Gasteiger partial charge is 0.508 e. The van der Waals surface area contributed by atoms with Crippen LogP contribution in [0.15, 0.2) is 72.8 Å². The molecule has 10 nitrogen and oxygen atoms in total. The van der Waals surface area contributed by atoms with Gasteiger partial charge in [-0.05, 0) is 79.6 Å². The number of ether oxygens (including phenoxy) is 1. The molecule has 0 bridgehead atoms. The summed E-state index contributed by atoms with van der Waals surface area (Å²) in [7, 11) is 2.08. The highest BCUT2D eigenvalue weighted by atomic mass is 16.5. The molecule has 1 aliphatic rings. The van der Waals surface area contributed by atoms with Crippen molar-refractivity contribution in [2.75, 3.05) is 32.1 Å². The summed E-state index contributed by atoms with van der Waals surface area (Å²) in [6, 6.07) is 17.8. The highest BCUT2D eigenvalue weighted by Crippen LogP contribution is 2.27. The number of phenolic OH excluding ortho intramolecular Hbond substituents is 2. The molecular weight excluding hydrogens is 524 g/mol. The lowest BCUT2D eigenvalue weighted by molar-refractivity contribution is -0.911. The fourth-order valence-electron chi connectivity index (χ4n) is 5.23. The Morgan fingerprint density at radius 3 is 2.15 bits per heavy atom. The van der Waals surface area contributed by atoms with Gasteiger partial charge in [0.25, 0.3) is 0 Å². The molecule has 1 heterocycles. The maximum atomic E-state index is 13.8. The van der Waals surface area contributed by atoms with Crippen LogP contribution in [-0.4, -0.2) is 76.3 Å². The molecule has 1 saturated heterocycles. The molecule has 0 aliphatic carbocycles. The molecular formula is C31H37N4O6+. The van der Waals surface area contributed by atoms with Gasteiger partial charge in [0, 0.05) is 17.7 Å². The van der Waals surface area contributed by atoms with Crippen LogP contribution in [-0.2, 0) is 22.5 Å². The summed E-state index contributed by atoms with van der Waals surface area (Å²) in [5.74, 6) is -0.650. The van der Waals surface area contributed by atoms with Gasteiger partial charge in [0.15, 0.2) is 0 Å². The number of nitrogens with one attached hydrogen (secondary N) is 1. The zero-order valence-corrected chi connectivity index (χ0v) is 23.3. The summed E-state index contributed by atoms with van der Waals surface area (Å²) >= 11 is 0. The van der Waals surface area contributed by atoms with E-state index >= 15 is 0 Å². The second-order valence-corrected chi connectivity index (χ2v) is 10.7. The van der Waals surface area contributed by atoms with Gasteiger partial charge in [-0.15, -0.1) is 0 Å². The Morgan fingerprint density at radius 2 is 1.56 bits per heavy atom. The average Bonchev–Trinajstić information content (AvgIpc) is 3.32. The smallest absolute Gasteiger partial charge is 0.338 e. The number of carbonyl (C=O) groups is 3. The first kappa shape index (κ1) is 29.6. The number of likely N-dealkylation sites (N-methyl/N-ethyl adjacent to an activating group) is 1. The van der Waals surface area contributed by atoms with Crippen LogP contribution in [0.1, 0.15) is 34.8 Å². The fraction of sp³-hybridized carbons (Fsp3) is 0.323. The number of quaternary nitrogens is 1. The van der Waals surface area contributed by atoms with E-state index in [1.807, 2.05) is 12.1 Å². The highest BCUT2D eigenvalue weighted by molar-refractivity contribution is 6.03. The van der Waals surface area contributed by atoms with Crippen molar-refractivity contribution in [3.05, 3.63) is 89.5 Å². The number of likely N-dealkylation sites (tertiary alicyclic amines) is 1. The Morgan fingerprint density at radius 1 is 0.976 bits per heavy atom. The molecule has 10 heteroatoms. The number of hydrogen-bond donors (Lipinski definition) is 4. The monoisotopic (exact) mass is 561 g/mol. The molecule has 0 spiro atoms. The molecule has 4 rings (SSSR count). The Hall–Kier alpha value is -4.41. The SMILES string of the molecule is CCOC(=O)c1ccc(NC(=O)N(C(=O)[C@@H](N)Cc2ccc(O)cc2)[C@H]2CC[N+](C)(Cc3ccc(O)cc3)C2)cc1. The van der Waals surface area contributed by atoms with Gasteiger partial charge in [-0.25, -0.2) is 9.59 Å². The third kappa shape index (κ3) is 7.62. The first-order valence-corrected chi connectivity index (χ1v) is 13.6. The molecule has 1 unspecified atom stereocenters. The third-order valence-corrected chi connectivity index (χ3v) is 7.33. The maximum Gasteiger partial charge on any atom is 0.338 e. The predicted molar refractivity (Wildman–Crippen MR) is 154 cm³/mol. The summed E-state index contributed by atoms with van der Waals surface area (Å²) in [6.45, 7) is 3.93. The number of benzene rings is 3. The molecule has 1 fully saturated rings. The number of hydrogen-bond acceptors (Lipinski definition) is 7. The topological polar surface area (TPSA) is 142 Å². The fourth-order valence-corrected chi connectivity index (χ4v) is 5.23. The van der Waals surface area contributed by atoms with Crippen molar-refractivity contribution < 1.29 is 33.8 Å². The van der Waals surface area contributed by atoms with Crippen LogP contribution < -0.4 is 11.1 Å². The number of carbonyl (C=O) groups excluding carboxylic acids is 3. The van der Waals surface area contributed by atoms with E-state index in [1.54, 1.807) is 55.5 Å². The summed E-state index contributed by atoms with van der Waals surface area (Å²) in [4.78, 5) is 40.6. The van der Waals surface area contributed by atoms with Gasteiger partial charge in [0.2, 0.25) is 5.91 Å². The molecule has 5 N–H and O–H groups in total. The number of nitrogens with two attached hydrogens (primary N) is 1. The van der Waals surface area contributed by atoms with Crippen molar-refractivity contribution in [3.8, 4) is 11.5 Å². The van der Waals surface area contributed by atoms with Crippen molar-refractivity contribution in [2.24, 2.45) is 5.73 Å². The van der Waals surface area contributed by atoms with E-state index in [0.29, 0.717) is 35.2 Å². The van der Waals surface area contributed by atoms with E-state index in [-0.39, 0.29) is 24.5 Å². The lowest BCUT2D eigenvalue weighted by Crippen LogP contribution is -2.55. The quantitative estimate of drug-likeness (QED) is 0.231. The van der Waals surface area contributed by atoms with Crippen molar-refractivity contribution in [1.82, 2.24) is 4.90 Å².